The second kappa shape index (κ2) is 10.3. The SMILES string of the molecule is O[Si](O)(O)OF.[AlH3].[MgH2].[NaH]. The molecular weight excluding hydrogens is 185 g/mol. The average Bonchev–Trinajstić information content (AvgIpc) is 1.35. The van der Waals surface area contributed by atoms with Crippen LogP contribution in [0.2, 0.25) is 0 Å². The third-order valence-corrected chi connectivity index (χ3v) is 0.311. The molecule has 4 nitrogen and oxygen atoms in total. The van der Waals surface area contributed by atoms with Gasteiger partial charge in [0.1, 0.15) is 0 Å². The molecule has 0 aliphatic rings. The Balaban J connectivity index is -0.0000000417. The van der Waals surface area contributed by atoms with Crippen molar-refractivity contribution in [3.8, 4) is 0 Å². The average molecular weight is 194 g/mol. The van der Waals surface area contributed by atoms with Crippen LogP contribution in [0.3, 0.4) is 0 Å². The number of rotatable bonds is 1. The van der Waals surface area contributed by atoms with Crippen LogP contribution >= 0.6 is 0 Å². The number of halogens is 1. The number of hydrogen-bond donors (Lipinski definition) is 3. The zero-order chi connectivity index (χ0) is 5.21. The van der Waals surface area contributed by atoms with Crippen molar-refractivity contribution in [2.24, 2.45) is 0 Å². The van der Waals surface area contributed by atoms with Gasteiger partial charge in [-0.15, -0.1) is 0 Å². The molecule has 0 fully saturated rings. The van der Waals surface area contributed by atoms with E-state index in [0.717, 1.165) is 0 Å². The van der Waals surface area contributed by atoms with E-state index in [4.69, 9.17) is 14.4 Å². The van der Waals surface area contributed by atoms with Gasteiger partial charge in [0.25, 0.3) is 0 Å². The van der Waals surface area contributed by atoms with Crippen LogP contribution in [0.1, 0.15) is 0 Å². The van der Waals surface area contributed by atoms with Gasteiger partial charge in [0.15, 0.2) is 17.4 Å². The van der Waals surface area contributed by atoms with E-state index in [0.29, 0.717) is 0 Å². The quantitative estimate of drug-likeness (QED) is 0.369. The first kappa shape index (κ1) is 22.5. The molecule has 9 heteroatoms. The minimum atomic E-state index is -4.80. The van der Waals surface area contributed by atoms with Crippen LogP contribution in [0, 0.1) is 0 Å². The minimum absolute atomic E-state index is 0. The molecule has 9 heavy (non-hydrogen) atoms. The zero-order valence-electron chi connectivity index (χ0n) is 2.63. The third kappa shape index (κ3) is 25.3. The van der Waals surface area contributed by atoms with Gasteiger partial charge in [0, 0.05) is 0 Å². The van der Waals surface area contributed by atoms with Gasteiger partial charge in [-0.2, -0.15) is 4.63 Å². The Morgan fingerprint density at radius 1 is 1.22 bits per heavy atom. The predicted molar refractivity (Wildman–Crippen MR) is 40.2 cm³/mol. The second-order valence-electron chi connectivity index (χ2n) is 0.651. The maximum absolute atomic E-state index is 10.3. The summed E-state index contributed by atoms with van der Waals surface area (Å²) in [4.78, 5) is 22.4. The van der Waals surface area contributed by atoms with E-state index in [1.54, 1.807) is 0 Å². The summed E-state index contributed by atoms with van der Waals surface area (Å²) < 4.78 is 12.6. The first-order valence-corrected chi connectivity index (χ1v) is 2.78. The van der Waals surface area contributed by atoms with Gasteiger partial charge in [-0.3, -0.25) is 0 Å². The summed E-state index contributed by atoms with van der Waals surface area (Å²) in [5, 5.41) is 0. The molecule has 0 aromatic heterocycles. The van der Waals surface area contributed by atoms with Crippen LogP contribution in [0.15, 0.2) is 0 Å². The number of hydrogen-bond acceptors (Lipinski definition) is 4. The second-order valence-corrected chi connectivity index (χ2v) is 1.95. The molecule has 50 valence electrons. The molecule has 0 aliphatic carbocycles. The molecule has 0 saturated heterocycles. The molecule has 0 saturated carbocycles. The summed E-state index contributed by atoms with van der Waals surface area (Å²) in [5.74, 6) is 0. The van der Waals surface area contributed by atoms with Gasteiger partial charge >= 0.3 is 61.7 Å². The van der Waals surface area contributed by atoms with E-state index in [1.807, 2.05) is 0 Å². The maximum atomic E-state index is 10.3. The van der Waals surface area contributed by atoms with Crippen LogP contribution in [0.4, 0.5) is 4.53 Å². The topological polar surface area (TPSA) is 69.9 Å². The Hall–Kier alpha value is 2.29. The molecule has 0 spiro atoms. The van der Waals surface area contributed by atoms with Crippen LogP contribution < -0.4 is 0 Å². The first-order chi connectivity index (χ1) is 2.56. The molecule has 0 aromatic carbocycles. The van der Waals surface area contributed by atoms with Crippen LogP contribution in [-0.4, -0.2) is 93.4 Å². The van der Waals surface area contributed by atoms with Crippen molar-refractivity contribution in [1.82, 2.24) is 0 Å². The Labute approximate surface area is 101 Å². The monoisotopic (exact) mass is 194 g/mol. The van der Waals surface area contributed by atoms with E-state index in [9.17, 15) is 4.53 Å². The summed E-state index contributed by atoms with van der Waals surface area (Å²) >= 11 is 0. The molecular formula is H9AlFMgNaO4Si. The van der Waals surface area contributed by atoms with Crippen molar-refractivity contribution in [3.63, 3.8) is 0 Å². The Kier molecular flexibility index (Phi) is 25.7. The van der Waals surface area contributed by atoms with E-state index in [2.05, 4.69) is 4.63 Å². The van der Waals surface area contributed by atoms with Crippen LogP contribution in [-0.2, 0) is 4.63 Å². The van der Waals surface area contributed by atoms with Gasteiger partial charge in [-0.1, -0.05) is 4.53 Å². The van der Waals surface area contributed by atoms with Crippen LogP contribution in [0.5, 0.6) is 0 Å². The van der Waals surface area contributed by atoms with Gasteiger partial charge in [0.05, 0.1) is 0 Å². The Morgan fingerprint density at radius 2 is 1.33 bits per heavy atom. The molecule has 0 aliphatic heterocycles. The molecule has 0 aromatic rings. The van der Waals surface area contributed by atoms with Crippen molar-refractivity contribution in [1.29, 1.82) is 0 Å². The molecule has 0 bridgehead atoms. The van der Waals surface area contributed by atoms with Crippen molar-refractivity contribution in [3.05, 3.63) is 0 Å². The summed E-state index contributed by atoms with van der Waals surface area (Å²) in [5.41, 5.74) is 0. The summed E-state index contributed by atoms with van der Waals surface area (Å²) in [6, 6.07) is 0. The van der Waals surface area contributed by atoms with Gasteiger partial charge in [-0.05, 0) is 0 Å². The van der Waals surface area contributed by atoms with Crippen molar-refractivity contribution in [2.45, 2.75) is 0 Å². The zero-order valence-corrected chi connectivity index (χ0v) is 3.63. The molecule has 0 atom stereocenters. The summed E-state index contributed by atoms with van der Waals surface area (Å²) in [6.07, 6.45) is 0. The third-order valence-electron chi connectivity index (χ3n) is 0.104. The summed E-state index contributed by atoms with van der Waals surface area (Å²) in [6.45, 7) is 0. The fourth-order valence-corrected chi connectivity index (χ4v) is 0. The molecule has 0 heterocycles. The van der Waals surface area contributed by atoms with Crippen molar-refractivity contribution >= 4 is 79.0 Å². The van der Waals surface area contributed by atoms with Gasteiger partial charge in [-0.25, -0.2) is 0 Å². The van der Waals surface area contributed by atoms with Gasteiger partial charge in [0.2, 0.25) is 0 Å². The van der Waals surface area contributed by atoms with E-state index < -0.39 is 9.05 Å². The first-order valence-electron chi connectivity index (χ1n) is 1.03. The summed E-state index contributed by atoms with van der Waals surface area (Å²) in [7, 11) is -4.80. The van der Waals surface area contributed by atoms with E-state index in [1.165, 1.54) is 0 Å². The van der Waals surface area contributed by atoms with Gasteiger partial charge < -0.3 is 14.4 Å². The van der Waals surface area contributed by atoms with E-state index >= 15 is 0 Å². The standard InChI is InChI=1S/Al.FH3O4Si.Mg.Na.6H/c;1-5-6(2,3)4;;;;;;;;/h;2-4H;;;;;;;;. The van der Waals surface area contributed by atoms with Crippen LogP contribution in [0.25, 0.3) is 0 Å². The van der Waals surface area contributed by atoms with Crippen molar-refractivity contribution < 1.29 is 23.5 Å². The Bertz CT molecular complexity index is 50.3. The molecule has 3 N–H and O–H groups in total. The van der Waals surface area contributed by atoms with Crippen molar-refractivity contribution in [2.75, 3.05) is 0 Å². The molecule has 0 amide bonds. The van der Waals surface area contributed by atoms with E-state index in [-0.39, 0.29) is 70.0 Å². The normalized spacial score (nSPS) is 8.00. The Morgan fingerprint density at radius 3 is 1.33 bits per heavy atom. The predicted octanol–water partition coefficient (Wildman–Crippen LogP) is -4.45. The molecule has 0 radical (unpaired) electrons. The molecule has 0 unspecified atom stereocenters. The fraction of sp³-hybridized carbons (Fsp3) is 0. The molecule has 0 rings (SSSR count). The fourth-order valence-electron chi connectivity index (χ4n) is 0.